The maximum atomic E-state index is 11.2. The predicted octanol–water partition coefficient (Wildman–Crippen LogP) is 1.83. The van der Waals surface area contributed by atoms with E-state index in [0.717, 1.165) is 6.42 Å². The van der Waals surface area contributed by atoms with Crippen LogP contribution in [-0.4, -0.2) is 31.7 Å². The van der Waals surface area contributed by atoms with E-state index in [1.54, 1.807) is 14.0 Å². The van der Waals surface area contributed by atoms with Gasteiger partial charge < -0.3 is 15.8 Å². The maximum absolute atomic E-state index is 11.2. The molecule has 4 heteroatoms. The third-order valence-electron chi connectivity index (χ3n) is 3.13. The van der Waals surface area contributed by atoms with Gasteiger partial charge in [-0.3, -0.25) is 4.79 Å². The van der Waals surface area contributed by atoms with Crippen LogP contribution >= 0.6 is 0 Å². The number of hydrogen-bond donors (Lipinski definition) is 2. The monoisotopic (exact) mass is 244 g/mol. The third kappa shape index (κ3) is 7.34. The van der Waals surface area contributed by atoms with Crippen LogP contribution < -0.4 is 11.1 Å². The van der Waals surface area contributed by atoms with Crippen molar-refractivity contribution in [2.45, 2.75) is 57.9 Å². The fourth-order valence-electron chi connectivity index (χ4n) is 1.53. The summed E-state index contributed by atoms with van der Waals surface area (Å²) < 4.78 is 5.49. The Balaban J connectivity index is 3.47. The van der Waals surface area contributed by atoms with Crippen LogP contribution in [0.25, 0.3) is 0 Å². The summed E-state index contributed by atoms with van der Waals surface area (Å²) in [7, 11) is 1.72. The molecule has 0 aromatic rings. The normalized spacial score (nSPS) is 14.5. The first kappa shape index (κ1) is 16.4. The van der Waals surface area contributed by atoms with Crippen LogP contribution in [0.5, 0.6) is 0 Å². The SMILES string of the molecule is CCCCCCCCOCC(C)(NC)C(N)=O. The second-order valence-electron chi connectivity index (χ2n) is 4.77. The van der Waals surface area contributed by atoms with Crippen molar-refractivity contribution in [3.8, 4) is 0 Å². The lowest BCUT2D eigenvalue weighted by Gasteiger charge is -2.25. The molecule has 0 rings (SSSR count). The van der Waals surface area contributed by atoms with Gasteiger partial charge in [0.15, 0.2) is 0 Å². The number of rotatable bonds is 11. The Labute approximate surface area is 105 Å². The van der Waals surface area contributed by atoms with E-state index in [0.29, 0.717) is 13.2 Å². The second-order valence-corrected chi connectivity index (χ2v) is 4.77. The molecule has 0 saturated carbocycles. The molecule has 102 valence electrons. The molecule has 3 N–H and O–H groups in total. The number of unbranched alkanes of at least 4 members (excludes halogenated alkanes) is 5. The van der Waals surface area contributed by atoms with Gasteiger partial charge in [0.2, 0.25) is 5.91 Å². The molecule has 0 bridgehead atoms. The highest BCUT2D eigenvalue weighted by Gasteiger charge is 2.28. The number of primary amides is 1. The van der Waals surface area contributed by atoms with Gasteiger partial charge in [-0.1, -0.05) is 39.0 Å². The Kier molecular flexibility index (Phi) is 9.09. The van der Waals surface area contributed by atoms with Crippen LogP contribution in [0.3, 0.4) is 0 Å². The number of hydrogen-bond acceptors (Lipinski definition) is 3. The number of ether oxygens (including phenoxy) is 1. The average Bonchev–Trinajstić information content (AvgIpc) is 2.32. The Bertz CT molecular complexity index is 210. The van der Waals surface area contributed by atoms with E-state index >= 15 is 0 Å². The fourth-order valence-corrected chi connectivity index (χ4v) is 1.53. The summed E-state index contributed by atoms with van der Waals surface area (Å²) in [5.74, 6) is -0.372. The molecule has 1 amide bonds. The Morgan fingerprint density at radius 3 is 2.35 bits per heavy atom. The molecule has 0 radical (unpaired) electrons. The van der Waals surface area contributed by atoms with Crippen LogP contribution in [0.15, 0.2) is 0 Å². The van der Waals surface area contributed by atoms with Gasteiger partial charge in [-0.2, -0.15) is 0 Å². The Morgan fingerprint density at radius 1 is 1.24 bits per heavy atom. The van der Waals surface area contributed by atoms with Crippen molar-refractivity contribution in [3.63, 3.8) is 0 Å². The minimum absolute atomic E-state index is 0.341. The molecule has 1 unspecified atom stereocenters. The molecule has 0 aromatic carbocycles. The lowest BCUT2D eigenvalue weighted by Crippen LogP contribution is -2.54. The van der Waals surface area contributed by atoms with Crippen molar-refractivity contribution in [3.05, 3.63) is 0 Å². The van der Waals surface area contributed by atoms with Gasteiger partial charge in [-0.15, -0.1) is 0 Å². The number of nitrogens with one attached hydrogen (secondary N) is 1. The number of carbonyl (C=O) groups is 1. The first-order valence-electron chi connectivity index (χ1n) is 6.63. The fraction of sp³-hybridized carbons (Fsp3) is 0.923. The van der Waals surface area contributed by atoms with Gasteiger partial charge in [0.05, 0.1) is 6.61 Å². The van der Waals surface area contributed by atoms with Crippen molar-refractivity contribution in [2.24, 2.45) is 5.73 Å². The smallest absolute Gasteiger partial charge is 0.239 e. The molecular formula is C13H28N2O2. The highest BCUT2D eigenvalue weighted by Crippen LogP contribution is 2.07. The highest BCUT2D eigenvalue weighted by atomic mass is 16.5. The van der Waals surface area contributed by atoms with Crippen molar-refractivity contribution in [1.82, 2.24) is 5.32 Å². The molecule has 1 atom stereocenters. The van der Waals surface area contributed by atoms with E-state index in [1.807, 2.05) is 0 Å². The average molecular weight is 244 g/mol. The zero-order valence-corrected chi connectivity index (χ0v) is 11.6. The van der Waals surface area contributed by atoms with E-state index in [1.165, 1.54) is 32.1 Å². The largest absolute Gasteiger partial charge is 0.379 e. The molecule has 0 aromatic heterocycles. The van der Waals surface area contributed by atoms with Gasteiger partial charge in [-0.05, 0) is 20.4 Å². The minimum atomic E-state index is -0.748. The van der Waals surface area contributed by atoms with Gasteiger partial charge in [0, 0.05) is 6.61 Å². The number of carbonyl (C=O) groups excluding carboxylic acids is 1. The predicted molar refractivity (Wildman–Crippen MR) is 70.9 cm³/mol. The molecule has 4 nitrogen and oxygen atoms in total. The van der Waals surface area contributed by atoms with Crippen LogP contribution in [0.4, 0.5) is 0 Å². The lowest BCUT2D eigenvalue weighted by molar-refractivity contribution is -0.126. The van der Waals surface area contributed by atoms with E-state index in [9.17, 15) is 4.79 Å². The number of likely N-dealkylation sites (N-methyl/N-ethyl adjacent to an activating group) is 1. The summed E-state index contributed by atoms with van der Waals surface area (Å²) >= 11 is 0. The maximum Gasteiger partial charge on any atom is 0.239 e. The first-order valence-corrected chi connectivity index (χ1v) is 6.63. The zero-order chi connectivity index (χ0) is 13.1. The Hall–Kier alpha value is -0.610. The summed E-state index contributed by atoms with van der Waals surface area (Å²) in [4.78, 5) is 11.2. The molecule has 0 aliphatic carbocycles. The first-order chi connectivity index (χ1) is 8.06. The minimum Gasteiger partial charge on any atom is -0.379 e. The summed E-state index contributed by atoms with van der Waals surface area (Å²) in [6.07, 6.45) is 7.44. The number of amides is 1. The van der Waals surface area contributed by atoms with Crippen LogP contribution in [0, 0.1) is 0 Å². The topological polar surface area (TPSA) is 64.3 Å². The molecule has 0 heterocycles. The van der Waals surface area contributed by atoms with Crippen molar-refractivity contribution < 1.29 is 9.53 Å². The summed E-state index contributed by atoms with van der Waals surface area (Å²) in [6, 6.07) is 0. The van der Waals surface area contributed by atoms with Gasteiger partial charge in [0.1, 0.15) is 5.54 Å². The quantitative estimate of drug-likeness (QED) is 0.545. The molecule has 0 aliphatic rings. The summed E-state index contributed by atoms with van der Waals surface area (Å²) in [5.41, 5.74) is 4.55. The molecule has 0 fully saturated rings. The van der Waals surface area contributed by atoms with Gasteiger partial charge >= 0.3 is 0 Å². The van der Waals surface area contributed by atoms with Crippen molar-refractivity contribution >= 4 is 5.91 Å². The van der Waals surface area contributed by atoms with Crippen LogP contribution in [0.1, 0.15) is 52.4 Å². The number of nitrogens with two attached hydrogens (primary N) is 1. The van der Waals surface area contributed by atoms with Crippen LogP contribution in [-0.2, 0) is 9.53 Å². The van der Waals surface area contributed by atoms with Gasteiger partial charge in [-0.25, -0.2) is 0 Å². The van der Waals surface area contributed by atoms with E-state index in [4.69, 9.17) is 10.5 Å². The van der Waals surface area contributed by atoms with Crippen molar-refractivity contribution in [1.29, 1.82) is 0 Å². The molecule has 0 spiro atoms. The highest BCUT2D eigenvalue weighted by molar-refractivity contribution is 5.84. The molecule has 0 aliphatic heterocycles. The lowest BCUT2D eigenvalue weighted by atomic mass is 10.0. The second kappa shape index (κ2) is 9.42. The van der Waals surface area contributed by atoms with E-state index < -0.39 is 5.54 Å². The molecule has 0 saturated heterocycles. The summed E-state index contributed by atoms with van der Waals surface area (Å²) in [5, 5.41) is 2.90. The van der Waals surface area contributed by atoms with Gasteiger partial charge in [0.25, 0.3) is 0 Å². The molecule has 17 heavy (non-hydrogen) atoms. The van der Waals surface area contributed by atoms with Crippen LogP contribution in [0.2, 0.25) is 0 Å². The van der Waals surface area contributed by atoms with E-state index in [2.05, 4.69) is 12.2 Å². The van der Waals surface area contributed by atoms with Crippen molar-refractivity contribution in [2.75, 3.05) is 20.3 Å². The zero-order valence-electron chi connectivity index (χ0n) is 11.6. The molecular weight excluding hydrogens is 216 g/mol. The Morgan fingerprint density at radius 2 is 1.82 bits per heavy atom. The standard InChI is InChI=1S/C13H28N2O2/c1-4-5-6-7-8-9-10-17-11-13(2,15-3)12(14)16/h15H,4-11H2,1-3H3,(H2,14,16). The summed E-state index contributed by atoms with van der Waals surface area (Å²) in [6.45, 7) is 5.02. The van der Waals surface area contributed by atoms with E-state index in [-0.39, 0.29) is 5.91 Å². The third-order valence-corrected chi connectivity index (χ3v) is 3.13.